The summed E-state index contributed by atoms with van der Waals surface area (Å²) in [6.07, 6.45) is 0. The van der Waals surface area contributed by atoms with Gasteiger partial charge in [0.2, 0.25) is 0 Å². The van der Waals surface area contributed by atoms with Crippen molar-refractivity contribution in [2.24, 2.45) is 10.9 Å². The van der Waals surface area contributed by atoms with Crippen molar-refractivity contribution < 1.29 is 14.7 Å². The highest BCUT2D eigenvalue weighted by Gasteiger charge is 2.16. The first-order chi connectivity index (χ1) is 10.1. The Kier molecular flexibility index (Phi) is 4.66. The minimum absolute atomic E-state index is 0.0733. The van der Waals surface area contributed by atoms with Crippen LogP contribution in [0.25, 0.3) is 0 Å². The number of nitrogens with one attached hydrogen (secondary N) is 1. The van der Waals surface area contributed by atoms with Gasteiger partial charge in [0.25, 0.3) is 5.91 Å². The van der Waals surface area contributed by atoms with Gasteiger partial charge in [0.1, 0.15) is 10.6 Å². The lowest BCUT2D eigenvalue weighted by atomic mass is 10.2. The molecule has 0 saturated heterocycles. The molecule has 1 heterocycles. The van der Waals surface area contributed by atoms with Crippen molar-refractivity contribution in [1.29, 1.82) is 0 Å². The Morgan fingerprint density at radius 3 is 2.90 bits per heavy atom. The topological polar surface area (TPSA) is 96.9 Å². The number of anilines is 1. The number of carbonyl (C=O) groups is 1. The van der Waals surface area contributed by atoms with E-state index in [-0.39, 0.29) is 11.7 Å². The molecule has 110 valence electrons. The van der Waals surface area contributed by atoms with Crippen LogP contribution in [0.15, 0.2) is 34.8 Å². The average Bonchev–Trinajstić information content (AvgIpc) is 2.97. The molecule has 1 aromatic carbocycles. The Morgan fingerprint density at radius 1 is 1.48 bits per heavy atom. The molecule has 1 aromatic heterocycles. The Labute approximate surface area is 129 Å². The number of rotatable bonds is 4. The Bertz CT molecular complexity index is 700. The van der Waals surface area contributed by atoms with E-state index in [1.807, 2.05) is 0 Å². The lowest BCUT2D eigenvalue weighted by molar-refractivity contribution is 0.102. The molecule has 1 amide bonds. The molecule has 0 fully saturated rings. The van der Waals surface area contributed by atoms with Crippen molar-refractivity contribution >= 4 is 40.4 Å². The molecule has 0 bridgehead atoms. The average molecular weight is 326 g/mol. The van der Waals surface area contributed by atoms with Gasteiger partial charge in [-0.15, -0.1) is 11.3 Å². The zero-order valence-electron chi connectivity index (χ0n) is 11.0. The molecule has 2 rings (SSSR count). The van der Waals surface area contributed by atoms with E-state index in [0.29, 0.717) is 26.9 Å². The van der Waals surface area contributed by atoms with Gasteiger partial charge in [-0.05, 0) is 29.6 Å². The van der Waals surface area contributed by atoms with Gasteiger partial charge < -0.3 is 21.0 Å². The molecular weight excluding hydrogens is 314 g/mol. The van der Waals surface area contributed by atoms with Crippen molar-refractivity contribution in [3.05, 3.63) is 45.1 Å². The second-order valence-electron chi connectivity index (χ2n) is 3.95. The third-order valence-corrected chi connectivity index (χ3v) is 3.90. The van der Waals surface area contributed by atoms with Crippen LogP contribution in [-0.2, 0) is 0 Å². The summed E-state index contributed by atoms with van der Waals surface area (Å²) in [4.78, 5) is 12.6. The predicted molar refractivity (Wildman–Crippen MR) is 82.8 cm³/mol. The number of nitrogens with zero attached hydrogens (tertiary/aromatic N) is 1. The number of halogens is 1. The lowest BCUT2D eigenvalue weighted by Gasteiger charge is -2.09. The van der Waals surface area contributed by atoms with E-state index < -0.39 is 0 Å². The van der Waals surface area contributed by atoms with Crippen LogP contribution < -0.4 is 15.8 Å². The zero-order valence-corrected chi connectivity index (χ0v) is 12.5. The number of hydrogen-bond donors (Lipinski definition) is 3. The Hall–Kier alpha value is -2.25. The van der Waals surface area contributed by atoms with Gasteiger partial charge in [0.05, 0.1) is 17.8 Å². The van der Waals surface area contributed by atoms with E-state index in [4.69, 9.17) is 27.3 Å². The molecule has 21 heavy (non-hydrogen) atoms. The molecule has 0 radical (unpaired) electrons. The van der Waals surface area contributed by atoms with E-state index in [2.05, 4.69) is 10.5 Å². The van der Waals surface area contributed by atoms with Crippen LogP contribution in [0.2, 0.25) is 5.02 Å². The molecule has 0 aliphatic rings. The molecule has 0 saturated carbocycles. The minimum Gasteiger partial charge on any atom is -0.495 e. The normalized spacial score (nSPS) is 11.2. The summed E-state index contributed by atoms with van der Waals surface area (Å²) in [5.74, 6) is 0.0671. The van der Waals surface area contributed by atoms with Gasteiger partial charge in [-0.25, -0.2) is 0 Å². The summed E-state index contributed by atoms with van der Waals surface area (Å²) >= 11 is 7.29. The van der Waals surface area contributed by atoms with Crippen molar-refractivity contribution in [3.8, 4) is 5.75 Å². The van der Waals surface area contributed by atoms with Gasteiger partial charge in [0.15, 0.2) is 5.84 Å². The van der Waals surface area contributed by atoms with Crippen LogP contribution in [0.5, 0.6) is 5.75 Å². The summed E-state index contributed by atoms with van der Waals surface area (Å²) < 4.78 is 5.10. The number of amides is 1. The largest absolute Gasteiger partial charge is 0.495 e. The molecule has 4 N–H and O–H groups in total. The van der Waals surface area contributed by atoms with Gasteiger partial charge in [-0.1, -0.05) is 16.8 Å². The van der Waals surface area contributed by atoms with Crippen LogP contribution >= 0.6 is 22.9 Å². The highest BCUT2D eigenvalue weighted by Crippen LogP contribution is 2.28. The van der Waals surface area contributed by atoms with Crippen molar-refractivity contribution in [2.45, 2.75) is 0 Å². The molecule has 8 heteroatoms. The first-order valence-corrected chi connectivity index (χ1v) is 7.03. The summed E-state index contributed by atoms with van der Waals surface area (Å²) in [6.45, 7) is 0. The molecule has 0 unspecified atom stereocenters. The van der Waals surface area contributed by atoms with Crippen LogP contribution in [0.3, 0.4) is 0 Å². The molecule has 0 aliphatic carbocycles. The number of thiophene rings is 1. The minimum atomic E-state index is -0.347. The highest BCUT2D eigenvalue weighted by molar-refractivity contribution is 7.12. The number of hydrogen-bond acceptors (Lipinski definition) is 5. The number of nitrogens with two attached hydrogens (primary N) is 1. The third-order valence-electron chi connectivity index (χ3n) is 2.67. The number of ether oxygens (including phenoxy) is 1. The van der Waals surface area contributed by atoms with Gasteiger partial charge in [-0.2, -0.15) is 0 Å². The maximum atomic E-state index is 12.2. The number of benzene rings is 1. The number of carbonyl (C=O) groups excluding carboxylic acids is 1. The second kappa shape index (κ2) is 6.47. The van der Waals surface area contributed by atoms with E-state index >= 15 is 0 Å². The standard InChI is InChI=1S/C13H12ClN3O3S/c1-20-10-4-5-21-11(10)13(18)16-9-6-7(12(15)17-19)2-3-8(9)14/h2-6,19H,1H3,(H2,15,17)(H,16,18). The highest BCUT2D eigenvalue weighted by atomic mass is 35.5. The fourth-order valence-electron chi connectivity index (χ4n) is 1.64. The number of amidine groups is 1. The molecule has 0 atom stereocenters. The fraction of sp³-hybridized carbons (Fsp3) is 0.0769. The van der Waals surface area contributed by atoms with Crippen LogP contribution in [0, 0.1) is 0 Å². The summed E-state index contributed by atoms with van der Waals surface area (Å²) in [5, 5.41) is 16.4. The van der Waals surface area contributed by atoms with Crippen molar-refractivity contribution in [2.75, 3.05) is 12.4 Å². The van der Waals surface area contributed by atoms with E-state index in [1.165, 1.54) is 24.5 Å². The molecule has 0 aliphatic heterocycles. The summed E-state index contributed by atoms with van der Waals surface area (Å²) in [6, 6.07) is 6.36. The summed E-state index contributed by atoms with van der Waals surface area (Å²) in [5.41, 5.74) is 6.31. The fourth-order valence-corrected chi connectivity index (χ4v) is 2.56. The maximum Gasteiger partial charge on any atom is 0.269 e. The van der Waals surface area contributed by atoms with Crippen LogP contribution in [0.4, 0.5) is 5.69 Å². The van der Waals surface area contributed by atoms with Gasteiger partial charge in [-0.3, -0.25) is 4.79 Å². The lowest BCUT2D eigenvalue weighted by Crippen LogP contribution is -2.15. The zero-order chi connectivity index (χ0) is 15.4. The van der Waals surface area contributed by atoms with E-state index in [0.717, 1.165) is 0 Å². The number of methoxy groups -OCH3 is 1. The van der Waals surface area contributed by atoms with Crippen molar-refractivity contribution in [1.82, 2.24) is 0 Å². The molecular formula is C13H12ClN3O3S. The third kappa shape index (κ3) is 3.26. The van der Waals surface area contributed by atoms with Crippen LogP contribution in [-0.4, -0.2) is 24.1 Å². The number of oxime groups is 1. The smallest absolute Gasteiger partial charge is 0.269 e. The monoisotopic (exact) mass is 325 g/mol. The van der Waals surface area contributed by atoms with Crippen molar-refractivity contribution in [3.63, 3.8) is 0 Å². The van der Waals surface area contributed by atoms with E-state index in [9.17, 15) is 4.79 Å². The Balaban J connectivity index is 2.29. The predicted octanol–water partition coefficient (Wildman–Crippen LogP) is 2.76. The second-order valence-corrected chi connectivity index (χ2v) is 5.28. The van der Waals surface area contributed by atoms with Gasteiger partial charge >= 0.3 is 0 Å². The SMILES string of the molecule is COc1ccsc1C(=O)Nc1cc(/C(N)=N/O)ccc1Cl. The van der Waals surface area contributed by atoms with Crippen LogP contribution in [0.1, 0.15) is 15.2 Å². The van der Waals surface area contributed by atoms with Gasteiger partial charge in [0, 0.05) is 5.56 Å². The summed E-state index contributed by atoms with van der Waals surface area (Å²) in [7, 11) is 1.49. The molecule has 6 nitrogen and oxygen atoms in total. The first kappa shape index (κ1) is 15.1. The first-order valence-electron chi connectivity index (χ1n) is 5.77. The maximum absolute atomic E-state index is 12.2. The molecule has 2 aromatic rings. The van der Waals surface area contributed by atoms with E-state index in [1.54, 1.807) is 23.6 Å². The Morgan fingerprint density at radius 2 is 2.24 bits per heavy atom. The molecule has 0 spiro atoms. The quantitative estimate of drug-likeness (QED) is 0.348.